The quantitative estimate of drug-likeness (QED) is 0.696. The summed E-state index contributed by atoms with van der Waals surface area (Å²) < 4.78 is 2.05. The van der Waals surface area contributed by atoms with Gasteiger partial charge in [-0.1, -0.05) is 0 Å². The summed E-state index contributed by atoms with van der Waals surface area (Å²) in [5, 5.41) is 1.05. The molecule has 0 aliphatic carbocycles. The van der Waals surface area contributed by atoms with E-state index in [0.717, 1.165) is 27.7 Å². The lowest BCUT2D eigenvalue weighted by Crippen LogP contribution is -2.04. The van der Waals surface area contributed by atoms with Gasteiger partial charge in [0.05, 0.1) is 12.4 Å². The Labute approximate surface area is 120 Å². The number of alkyl halides is 1. The third-order valence-corrected chi connectivity index (χ3v) is 4.03. The molecule has 0 saturated heterocycles. The number of nitrogens with zero attached hydrogens (tertiary/aromatic N) is 4. The van der Waals surface area contributed by atoms with Crippen LogP contribution in [-0.4, -0.2) is 19.5 Å². The van der Waals surface area contributed by atoms with Crippen LogP contribution in [0.15, 0.2) is 18.3 Å². The zero-order valence-corrected chi connectivity index (χ0v) is 12.3. The number of rotatable bonds is 3. The predicted molar refractivity (Wildman–Crippen MR) is 77.8 cm³/mol. The van der Waals surface area contributed by atoms with Crippen molar-refractivity contribution in [3.8, 4) is 0 Å². The molecule has 4 nitrogen and oxygen atoms in total. The lowest BCUT2D eigenvalue weighted by molar-refractivity contribution is 0.764. The van der Waals surface area contributed by atoms with Crippen molar-refractivity contribution < 1.29 is 0 Å². The van der Waals surface area contributed by atoms with Gasteiger partial charge in [0.2, 0.25) is 0 Å². The number of thiazole rings is 1. The smallest absolute Gasteiger partial charge is 0.160 e. The van der Waals surface area contributed by atoms with Crippen LogP contribution in [0.2, 0.25) is 0 Å². The van der Waals surface area contributed by atoms with Gasteiger partial charge in [0.15, 0.2) is 5.65 Å². The highest BCUT2D eigenvalue weighted by molar-refractivity contribution is 7.11. The number of imidazole rings is 1. The van der Waals surface area contributed by atoms with Gasteiger partial charge in [-0.25, -0.2) is 15.0 Å². The van der Waals surface area contributed by atoms with Crippen molar-refractivity contribution in [1.29, 1.82) is 0 Å². The largest absolute Gasteiger partial charge is 0.305 e. The van der Waals surface area contributed by atoms with E-state index in [0.29, 0.717) is 12.4 Å². The maximum Gasteiger partial charge on any atom is 0.160 e. The maximum atomic E-state index is 5.99. The Morgan fingerprint density at radius 1 is 1.26 bits per heavy atom. The van der Waals surface area contributed by atoms with Gasteiger partial charge >= 0.3 is 0 Å². The lowest BCUT2D eigenvalue weighted by atomic mass is 10.3. The van der Waals surface area contributed by atoms with Crippen LogP contribution in [0.25, 0.3) is 11.2 Å². The Morgan fingerprint density at radius 3 is 2.79 bits per heavy atom. The highest BCUT2D eigenvalue weighted by Crippen LogP contribution is 2.20. The molecule has 0 aliphatic heterocycles. The van der Waals surface area contributed by atoms with Crippen LogP contribution >= 0.6 is 22.9 Å². The van der Waals surface area contributed by atoms with Crippen molar-refractivity contribution in [3.63, 3.8) is 0 Å². The first kappa shape index (κ1) is 12.6. The first-order valence-corrected chi connectivity index (χ1v) is 7.32. The average Bonchev–Trinajstić information content (AvgIpc) is 2.94. The minimum absolute atomic E-state index is 0.375. The first-order valence-electron chi connectivity index (χ1n) is 5.97. The molecule has 0 spiro atoms. The standard InChI is InChI=1S/C13H13ClN4S/c1-8-3-4-10-13(16-8)18(11(5-14)17-10)7-12-15-6-9(2)19-12/h3-4,6H,5,7H2,1-2H3. The summed E-state index contributed by atoms with van der Waals surface area (Å²) in [4.78, 5) is 14.7. The first-order chi connectivity index (χ1) is 9.17. The fraction of sp³-hybridized carbons (Fsp3) is 0.308. The number of aromatic nitrogens is 4. The maximum absolute atomic E-state index is 5.99. The van der Waals surface area contributed by atoms with E-state index >= 15 is 0 Å². The van der Waals surface area contributed by atoms with Crippen molar-refractivity contribution >= 4 is 34.1 Å². The van der Waals surface area contributed by atoms with Gasteiger partial charge in [-0.2, -0.15) is 0 Å². The fourth-order valence-electron chi connectivity index (χ4n) is 2.02. The van der Waals surface area contributed by atoms with Crippen molar-refractivity contribution in [2.45, 2.75) is 26.3 Å². The molecule has 3 aromatic heterocycles. The van der Waals surface area contributed by atoms with Gasteiger partial charge in [-0.05, 0) is 26.0 Å². The summed E-state index contributed by atoms with van der Waals surface area (Å²) in [5.74, 6) is 1.21. The SMILES string of the molecule is Cc1ccc2nc(CCl)n(Cc3ncc(C)s3)c2n1. The van der Waals surface area contributed by atoms with Gasteiger partial charge in [-0.15, -0.1) is 22.9 Å². The molecule has 3 heterocycles. The molecule has 19 heavy (non-hydrogen) atoms. The third-order valence-electron chi connectivity index (χ3n) is 2.89. The molecule has 0 fully saturated rings. The number of pyridine rings is 1. The summed E-state index contributed by atoms with van der Waals surface area (Å²) >= 11 is 7.67. The van der Waals surface area contributed by atoms with E-state index in [1.54, 1.807) is 11.3 Å². The molecule has 0 amide bonds. The molecule has 0 atom stereocenters. The fourth-order valence-corrected chi connectivity index (χ4v) is 3.00. The van der Waals surface area contributed by atoms with Gasteiger partial charge in [-0.3, -0.25) is 0 Å². The van der Waals surface area contributed by atoms with Crippen LogP contribution in [0.5, 0.6) is 0 Å². The molecule has 0 radical (unpaired) electrons. The lowest BCUT2D eigenvalue weighted by Gasteiger charge is -2.04. The van der Waals surface area contributed by atoms with Gasteiger partial charge in [0.25, 0.3) is 0 Å². The van der Waals surface area contributed by atoms with Crippen molar-refractivity contribution in [1.82, 2.24) is 19.5 Å². The van der Waals surface area contributed by atoms with Crippen molar-refractivity contribution in [2.75, 3.05) is 0 Å². The normalized spacial score (nSPS) is 11.3. The van der Waals surface area contributed by atoms with E-state index in [9.17, 15) is 0 Å². The summed E-state index contributed by atoms with van der Waals surface area (Å²) in [5.41, 5.74) is 2.74. The summed E-state index contributed by atoms with van der Waals surface area (Å²) in [6.07, 6.45) is 1.89. The number of halogens is 1. The number of aryl methyl sites for hydroxylation is 2. The van der Waals surface area contributed by atoms with E-state index < -0.39 is 0 Å². The molecule has 98 valence electrons. The van der Waals surface area contributed by atoms with E-state index in [1.807, 2.05) is 29.8 Å². The van der Waals surface area contributed by atoms with Gasteiger partial charge in [0, 0.05) is 16.8 Å². The van der Waals surface area contributed by atoms with Crippen LogP contribution in [0.3, 0.4) is 0 Å². The molecule has 0 unspecified atom stereocenters. The molecule has 0 N–H and O–H groups in total. The number of hydrogen-bond donors (Lipinski definition) is 0. The van der Waals surface area contributed by atoms with E-state index in [-0.39, 0.29) is 0 Å². The van der Waals surface area contributed by atoms with Crippen LogP contribution in [0, 0.1) is 13.8 Å². The Kier molecular flexibility index (Phi) is 3.24. The molecule has 0 aromatic carbocycles. The van der Waals surface area contributed by atoms with E-state index in [2.05, 4.69) is 21.9 Å². The van der Waals surface area contributed by atoms with Gasteiger partial charge < -0.3 is 4.57 Å². The molecule has 3 rings (SSSR count). The molecule has 0 saturated carbocycles. The number of hydrogen-bond acceptors (Lipinski definition) is 4. The molecular weight excluding hydrogens is 280 g/mol. The summed E-state index contributed by atoms with van der Waals surface area (Å²) in [6.45, 7) is 4.70. The van der Waals surface area contributed by atoms with Crippen LogP contribution in [0.1, 0.15) is 21.4 Å². The van der Waals surface area contributed by atoms with Crippen LogP contribution in [0.4, 0.5) is 0 Å². The second kappa shape index (κ2) is 4.90. The Bertz CT molecular complexity index is 731. The number of fused-ring (bicyclic) bond motifs is 1. The Morgan fingerprint density at radius 2 is 2.11 bits per heavy atom. The van der Waals surface area contributed by atoms with Crippen LogP contribution in [-0.2, 0) is 12.4 Å². The van der Waals surface area contributed by atoms with Crippen LogP contribution < -0.4 is 0 Å². The Hall–Kier alpha value is -1.46. The molecule has 0 aliphatic rings. The second-order valence-corrected chi connectivity index (χ2v) is 5.99. The van der Waals surface area contributed by atoms with E-state index in [4.69, 9.17) is 11.6 Å². The average molecular weight is 293 g/mol. The second-order valence-electron chi connectivity index (χ2n) is 4.41. The zero-order valence-electron chi connectivity index (χ0n) is 10.7. The van der Waals surface area contributed by atoms with E-state index in [1.165, 1.54) is 4.88 Å². The molecule has 6 heteroatoms. The highest BCUT2D eigenvalue weighted by atomic mass is 35.5. The van der Waals surface area contributed by atoms with Gasteiger partial charge in [0.1, 0.15) is 16.3 Å². The summed E-state index contributed by atoms with van der Waals surface area (Å²) in [7, 11) is 0. The molecular formula is C13H13ClN4S. The molecule has 3 aromatic rings. The van der Waals surface area contributed by atoms with Crippen molar-refractivity contribution in [3.05, 3.63) is 39.7 Å². The highest BCUT2D eigenvalue weighted by Gasteiger charge is 2.13. The monoisotopic (exact) mass is 292 g/mol. The summed E-state index contributed by atoms with van der Waals surface area (Å²) in [6, 6.07) is 3.95. The molecule has 0 bridgehead atoms. The minimum Gasteiger partial charge on any atom is -0.305 e. The predicted octanol–water partition coefficient (Wildman–Crippen LogP) is 3.29. The minimum atomic E-state index is 0.375. The van der Waals surface area contributed by atoms with Crippen molar-refractivity contribution in [2.24, 2.45) is 0 Å². The zero-order chi connectivity index (χ0) is 13.4. The third kappa shape index (κ3) is 2.35. The Balaban J connectivity index is 2.12. The topological polar surface area (TPSA) is 43.6 Å².